The minimum Gasteiger partial charge on any atom is -0.493 e. The summed E-state index contributed by atoms with van der Waals surface area (Å²) in [5, 5.41) is 9.24. The molecule has 28 heavy (non-hydrogen) atoms. The SMILES string of the molecule is CCNC(=O)c1cccc(CNC(=NC)Nc2ccc(OC)c(OC)c2)c1.I. The van der Waals surface area contributed by atoms with Crippen LogP contribution in [-0.2, 0) is 6.54 Å². The van der Waals surface area contributed by atoms with Crippen LogP contribution >= 0.6 is 24.0 Å². The van der Waals surface area contributed by atoms with Gasteiger partial charge in [0.2, 0.25) is 0 Å². The van der Waals surface area contributed by atoms with Crippen LogP contribution in [0.25, 0.3) is 0 Å². The van der Waals surface area contributed by atoms with E-state index in [4.69, 9.17) is 9.47 Å². The lowest BCUT2D eigenvalue weighted by atomic mass is 10.1. The number of carbonyl (C=O) groups is 1. The van der Waals surface area contributed by atoms with Crippen LogP contribution in [0.2, 0.25) is 0 Å². The van der Waals surface area contributed by atoms with Crippen molar-refractivity contribution in [3.8, 4) is 11.5 Å². The molecule has 0 aliphatic carbocycles. The van der Waals surface area contributed by atoms with Gasteiger partial charge in [-0.15, -0.1) is 24.0 Å². The van der Waals surface area contributed by atoms with Gasteiger partial charge in [0, 0.05) is 37.5 Å². The van der Waals surface area contributed by atoms with Crippen LogP contribution in [0, 0.1) is 0 Å². The highest BCUT2D eigenvalue weighted by Crippen LogP contribution is 2.29. The summed E-state index contributed by atoms with van der Waals surface area (Å²) in [7, 11) is 4.89. The topological polar surface area (TPSA) is 84.0 Å². The number of ether oxygens (including phenoxy) is 2. The minimum atomic E-state index is -0.0767. The Balaban J connectivity index is 0.00000392. The number of anilines is 1. The van der Waals surface area contributed by atoms with E-state index in [0.717, 1.165) is 11.3 Å². The minimum absolute atomic E-state index is 0. The van der Waals surface area contributed by atoms with Crippen molar-refractivity contribution < 1.29 is 14.3 Å². The van der Waals surface area contributed by atoms with Crippen molar-refractivity contribution in [2.75, 3.05) is 33.1 Å². The molecule has 0 saturated carbocycles. The van der Waals surface area contributed by atoms with Crippen molar-refractivity contribution in [1.82, 2.24) is 10.6 Å². The van der Waals surface area contributed by atoms with Crippen molar-refractivity contribution >= 4 is 41.5 Å². The van der Waals surface area contributed by atoms with Crippen LogP contribution in [-0.4, -0.2) is 39.7 Å². The number of carbonyl (C=O) groups excluding carboxylic acids is 1. The van der Waals surface area contributed by atoms with E-state index in [-0.39, 0.29) is 29.9 Å². The monoisotopic (exact) mass is 498 g/mol. The molecule has 0 spiro atoms. The zero-order chi connectivity index (χ0) is 19.6. The van der Waals surface area contributed by atoms with E-state index < -0.39 is 0 Å². The average Bonchev–Trinajstić information content (AvgIpc) is 2.71. The maximum atomic E-state index is 12.0. The van der Waals surface area contributed by atoms with Gasteiger partial charge >= 0.3 is 0 Å². The van der Waals surface area contributed by atoms with E-state index in [0.29, 0.717) is 36.1 Å². The number of rotatable bonds is 7. The Kier molecular flexibility index (Phi) is 10.1. The fourth-order valence-electron chi connectivity index (χ4n) is 2.50. The third kappa shape index (κ3) is 6.59. The lowest BCUT2D eigenvalue weighted by Crippen LogP contribution is -2.30. The quantitative estimate of drug-likeness (QED) is 0.310. The first-order chi connectivity index (χ1) is 13.1. The Bertz CT molecular complexity index is 812. The smallest absolute Gasteiger partial charge is 0.251 e. The Morgan fingerprint density at radius 2 is 1.79 bits per heavy atom. The first kappa shape index (κ1) is 23.5. The number of aliphatic imine (C=N–C) groups is 1. The molecule has 2 aromatic rings. The Morgan fingerprint density at radius 3 is 2.43 bits per heavy atom. The fourth-order valence-corrected chi connectivity index (χ4v) is 2.50. The molecule has 0 aromatic heterocycles. The lowest BCUT2D eigenvalue weighted by Gasteiger charge is -2.14. The van der Waals surface area contributed by atoms with E-state index in [1.807, 2.05) is 43.3 Å². The molecule has 0 aliphatic rings. The number of benzene rings is 2. The summed E-state index contributed by atoms with van der Waals surface area (Å²) >= 11 is 0. The normalized spacial score (nSPS) is 10.5. The van der Waals surface area contributed by atoms with Gasteiger partial charge < -0.3 is 25.4 Å². The molecule has 0 aliphatic heterocycles. The number of hydrogen-bond donors (Lipinski definition) is 3. The van der Waals surface area contributed by atoms with Crippen LogP contribution in [0.4, 0.5) is 5.69 Å². The molecule has 2 aromatic carbocycles. The average molecular weight is 498 g/mol. The highest BCUT2D eigenvalue weighted by molar-refractivity contribution is 14.0. The standard InChI is InChI=1S/C20H26N4O3.HI/c1-5-22-19(25)15-8-6-7-14(11-15)13-23-20(21-2)24-16-9-10-17(26-3)18(12-16)27-4;/h6-12H,5,13H2,1-4H3,(H,22,25)(H2,21,23,24);1H. The zero-order valence-electron chi connectivity index (χ0n) is 16.5. The first-order valence-corrected chi connectivity index (χ1v) is 8.68. The van der Waals surface area contributed by atoms with Gasteiger partial charge in [0.25, 0.3) is 5.91 Å². The van der Waals surface area contributed by atoms with E-state index in [9.17, 15) is 4.79 Å². The number of halogens is 1. The molecule has 1 amide bonds. The summed E-state index contributed by atoms with van der Waals surface area (Å²) in [6.07, 6.45) is 0. The van der Waals surface area contributed by atoms with Gasteiger partial charge in [-0.1, -0.05) is 12.1 Å². The van der Waals surface area contributed by atoms with Crippen LogP contribution in [0.3, 0.4) is 0 Å². The number of amides is 1. The maximum Gasteiger partial charge on any atom is 0.251 e. The van der Waals surface area contributed by atoms with E-state index in [2.05, 4.69) is 20.9 Å². The molecular weight excluding hydrogens is 471 g/mol. The Morgan fingerprint density at radius 1 is 1.04 bits per heavy atom. The highest BCUT2D eigenvalue weighted by Gasteiger charge is 2.08. The van der Waals surface area contributed by atoms with Crippen molar-refractivity contribution in [2.45, 2.75) is 13.5 Å². The molecule has 0 unspecified atom stereocenters. The number of nitrogens with one attached hydrogen (secondary N) is 3. The molecule has 0 heterocycles. The largest absolute Gasteiger partial charge is 0.493 e. The predicted octanol–water partition coefficient (Wildman–Crippen LogP) is 3.26. The van der Waals surface area contributed by atoms with Crippen molar-refractivity contribution in [2.24, 2.45) is 4.99 Å². The summed E-state index contributed by atoms with van der Waals surface area (Å²) < 4.78 is 10.6. The fraction of sp³-hybridized carbons (Fsp3) is 0.300. The van der Waals surface area contributed by atoms with Crippen LogP contribution in [0.15, 0.2) is 47.5 Å². The summed E-state index contributed by atoms with van der Waals surface area (Å²) in [6.45, 7) is 3.02. The number of guanidine groups is 1. The molecule has 0 atom stereocenters. The first-order valence-electron chi connectivity index (χ1n) is 8.68. The number of methoxy groups -OCH3 is 2. The second-order valence-corrected chi connectivity index (χ2v) is 5.68. The molecular formula is C20H27IN4O3. The molecule has 152 valence electrons. The predicted molar refractivity (Wildman–Crippen MR) is 123 cm³/mol. The summed E-state index contributed by atoms with van der Waals surface area (Å²) in [5.41, 5.74) is 2.44. The van der Waals surface area contributed by atoms with Crippen LogP contribution in [0.1, 0.15) is 22.8 Å². The van der Waals surface area contributed by atoms with E-state index in [1.165, 1.54) is 0 Å². The van der Waals surface area contributed by atoms with Gasteiger partial charge in [0.05, 0.1) is 14.2 Å². The third-order valence-corrected chi connectivity index (χ3v) is 3.86. The van der Waals surface area contributed by atoms with Gasteiger partial charge in [-0.05, 0) is 36.8 Å². The molecule has 7 nitrogen and oxygen atoms in total. The van der Waals surface area contributed by atoms with E-state index >= 15 is 0 Å². The van der Waals surface area contributed by atoms with Gasteiger partial charge in [-0.25, -0.2) is 0 Å². The zero-order valence-corrected chi connectivity index (χ0v) is 18.9. The van der Waals surface area contributed by atoms with Crippen molar-refractivity contribution in [3.63, 3.8) is 0 Å². The molecule has 3 N–H and O–H groups in total. The molecule has 2 rings (SSSR count). The Hall–Kier alpha value is -2.49. The molecule has 0 fully saturated rings. The van der Waals surface area contributed by atoms with Gasteiger partial charge in [-0.3, -0.25) is 9.79 Å². The second kappa shape index (κ2) is 12.1. The molecule has 0 saturated heterocycles. The summed E-state index contributed by atoms with van der Waals surface area (Å²) in [4.78, 5) is 16.2. The van der Waals surface area contributed by atoms with E-state index in [1.54, 1.807) is 27.3 Å². The molecule has 0 bridgehead atoms. The van der Waals surface area contributed by atoms with Crippen LogP contribution < -0.4 is 25.4 Å². The second-order valence-electron chi connectivity index (χ2n) is 5.68. The van der Waals surface area contributed by atoms with Crippen molar-refractivity contribution in [1.29, 1.82) is 0 Å². The number of hydrogen-bond acceptors (Lipinski definition) is 4. The van der Waals surface area contributed by atoms with Crippen molar-refractivity contribution in [3.05, 3.63) is 53.6 Å². The molecule has 0 radical (unpaired) electrons. The highest BCUT2D eigenvalue weighted by atomic mass is 127. The maximum absolute atomic E-state index is 12.0. The van der Waals surface area contributed by atoms with Crippen LogP contribution in [0.5, 0.6) is 11.5 Å². The van der Waals surface area contributed by atoms with Gasteiger partial charge in [0.15, 0.2) is 17.5 Å². The Labute approximate surface area is 182 Å². The summed E-state index contributed by atoms with van der Waals surface area (Å²) in [6, 6.07) is 13.0. The molecule has 8 heteroatoms. The van der Waals surface area contributed by atoms with Gasteiger partial charge in [0.1, 0.15) is 0 Å². The summed E-state index contributed by atoms with van der Waals surface area (Å²) in [5.74, 6) is 1.82. The lowest BCUT2D eigenvalue weighted by molar-refractivity contribution is 0.0955. The number of nitrogens with zero attached hydrogens (tertiary/aromatic N) is 1. The van der Waals surface area contributed by atoms with Gasteiger partial charge in [-0.2, -0.15) is 0 Å². The third-order valence-electron chi connectivity index (χ3n) is 3.86.